The standard InChI is InChI=1S/C8H10BrN3O2S/c1-2-12-5-11-8-7(15(12,13)14)3-6(9)4-10-8/h3-4H,2,5H2,1H3,(H,10,11). The number of rotatable bonds is 1. The molecular weight excluding hydrogens is 282 g/mol. The monoisotopic (exact) mass is 291 g/mol. The molecule has 1 aromatic heterocycles. The van der Waals surface area contributed by atoms with Gasteiger partial charge in [-0.15, -0.1) is 0 Å². The number of nitrogens with zero attached hydrogens (tertiary/aromatic N) is 2. The second-order valence-electron chi connectivity index (χ2n) is 3.11. The molecule has 1 aliphatic rings. The number of anilines is 1. The van der Waals surface area contributed by atoms with Crippen LogP contribution in [0.5, 0.6) is 0 Å². The number of sulfonamides is 1. The first-order valence-corrected chi connectivity index (χ1v) is 6.68. The van der Waals surface area contributed by atoms with Crippen molar-refractivity contribution < 1.29 is 8.42 Å². The first kappa shape index (κ1) is 10.8. The van der Waals surface area contributed by atoms with Crippen molar-refractivity contribution in [1.29, 1.82) is 0 Å². The maximum Gasteiger partial charge on any atom is 0.248 e. The Morgan fingerprint density at radius 2 is 2.40 bits per heavy atom. The average Bonchev–Trinajstić information content (AvgIpc) is 2.19. The van der Waals surface area contributed by atoms with Gasteiger partial charge in [0.1, 0.15) is 10.7 Å². The fraction of sp³-hybridized carbons (Fsp3) is 0.375. The van der Waals surface area contributed by atoms with Crippen LogP contribution < -0.4 is 5.32 Å². The van der Waals surface area contributed by atoms with E-state index in [0.717, 1.165) is 0 Å². The molecule has 15 heavy (non-hydrogen) atoms. The van der Waals surface area contributed by atoms with Crippen molar-refractivity contribution in [2.75, 3.05) is 18.5 Å². The van der Waals surface area contributed by atoms with Crippen LogP contribution in [0, 0.1) is 0 Å². The van der Waals surface area contributed by atoms with E-state index in [-0.39, 0.29) is 11.6 Å². The molecule has 0 bridgehead atoms. The van der Waals surface area contributed by atoms with Crippen LogP contribution in [0.4, 0.5) is 5.82 Å². The summed E-state index contributed by atoms with van der Waals surface area (Å²) in [5, 5.41) is 2.96. The molecule has 82 valence electrons. The molecule has 0 unspecified atom stereocenters. The van der Waals surface area contributed by atoms with E-state index in [0.29, 0.717) is 16.8 Å². The highest BCUT2D eigenvalue weighted by Gasteiger charge is 2.31. The number of pyridine rings is 1. The Kier molecular flexibility index (Phi) is 2.70. The lowest BCUT2D eigenvalue weighted by Gasteiger charge is -2.27. The highest BCUT2D eigenvalue weighted by atomic mass is 79.9. The molecule has 1 aromatic rings. The third-order valence-corrected chi connectivity index (χ3v) is 4.58. The number of hydrogen-bond acceptors (Lipinski definition) is 4. The van der Waals surface area contributed by atoms with Crippen LogP contribution in [0.15, 0.2) is 21.6 Å². The van der Waals surface area contributed by atoms with Gasteiger partial charge in [-0.2, -0.15) is 4.31 Å². The lowest BCUT2D eigenvalue weighted by atomic mass is 10.4. The van der Waals surface area contributed by atoms with Crippen LogP contribution in [0.2, 0.25) is 0 Å². The number of fused-ring (bicyclic) bond motifs is 1. The molecule has 7 heteroatoms. The number of halogens is 1. The topological polar surface area (TPSA) is 62.3 Å². The van der Waals surface area contributed by atoms with Crippen molar-refractivity contribution >= 4 is 31.8 Å². The Labute approximate surface area is 96.7 Å². The van der Waals surface area contributed by atoms with Crippen LogP contribution in [0.3, 0.4) is 0 Å². The normalized spacial score (nSPS) is 19.3. The second-order valence-corrected chi connectivity index (χ2v) is 5.93. The van der Waals surface area contributed by atoms with Gasteiger partial charge in [-0.1, -0.05) is 6.92 Å². The minimum Gasteiger partial charge on any atom is -0.355 e. The zero-order chi connectivity index (χ0) is 11.1. The smallest absolute Gasteiger partial charge is 0.248 e. The van der Waals surface area contributed by atoms with Crippen molar-refractivity contribution in [3.05, 3.63) is 16.7 Å². The Hall–Kier alpha value is -0.660. The first-order valence-electron chi connectivity index (χ1n) is 4.45. The van der Waals surface area contributed by atoms with E-state index in [9.17, 15) is 8.42 Å². The van der Waals surface area contributed by atoms with E-state index in [2.05, 4.69) is 26.2 Å². The fourth-order valence-electron chi connectivity index (χ4n) is 1.42. The van der Waals surface area contributed by atoms with Gasteiger partial charge < -0.3 is 5.32 Å². The van der Waals surface area contributed by atoms with E-state index in [1.54, 1.807) is 19.2 Å². The molecule has 0 amide bonds. The molecule has 0 spiro atoms. The van der Waals surface area contributed by atoms with Gasteiger partial charge in [0.05, 0.1) is 6.67 Å². The molecule has 2 heterocycles. The minimum absolute atomic E-state index is 0.227. The Morgan fingerprint density at radius 3 is 3.07 bits per heavy atom. The molecule has 1 aliphatic heterocycles. The van der Waals surface area contributed by atoms with Crippen LogP contribution >= 0.6 is 15.9 Å². The van der Waals surface area contributed by atoms with Crippen LogP contribution in [0.25, 0.3) is 0 Å². The molecule has 0 aromatic carbocycles. The summed E-state index contributed by atoms with van der Waals surface area (Å²) in [6.07, 6.45) is 1.57. The summed E-state index contributed by atoms with van der Waals surface area (Å²) >= 11 is 3.21. The quantitative estimate of drug-likeness (QED) is 0.846. The molecule has 0 saturated heterocycles. The van der Waals surface area contributed by atoms with E-state index >= 15 is 0 Å². The average molecular weight is 292 g/mol. The summed E-state index contributed by atoms with van der Waals surface area (Å²) in [6, 6.07) is 1.56. The van der Waals surface area contributed by atoms with Gasteiger partial charge >= 0.3 is 0 Å². The number of aromatic nitrogens is 1. The number of hydrogen-bond donors (Lipinski definition) is 1. The lowest BCUT2D eigenvalue weighted by molar-refractivity contribution is 0.440. The van der Waals surface area contributed by atoms with Crippen LogP contribution in [0.1, 0.15) is 6.92 Å². The van der Waals surface area contributed by atoms with Crippen molar-refractivity contribution in [3.63, 3.8) is 0 Å². The maximum atomic E-state index is 12.0. The summed E-state index contributed by atoms with van der Waals surface area (Å²) in [4.78, 5) is 4.25. The summed E-state index contributed by atoms with van der Waals surface area (Å²) in [6.45, 7) is 2.53. The Morgan fingerprint density at radius 1 is 1.67 bits per heavy atom. The van der Waals surface area contributed by atoms with Crippen molar-refractivity contribution in [2.45, 2.75) is 11.8 Å². The van der Waals surface area contributed by atoms with Crippen molar-refractivity contribution in [1.82, 2.24) is 9.29 Å². The first-order chi connectivity index (χ1) is 7.05. The molecule has 0 aliphatic carbocycles. The van der Waals surface area contributed by atoms with Gasteiger partial charge in [-0.3, -0.25) is 0 Å². The second kappa shape index (κ2) is 3.73. The van der Waals surface area contributed by atoms with Crippen molar-refractivity contribution in [3.8, 4) is 0 Å². The van der Waals surface area contributed by atoms with Gasteiger partial charge in [0.15, 0.2) is 0 Å². The predicted octanol–water partition coefficient (Wildman–Crippen LogP) is 1.24. The molecule has 5 nitrogen and oxygen atoms in total. The van der Waals surface area contributed by atoms with Crippen molar-refractivity contribution in [2.24, 2.45) is 0 Å². The zero-order valence-electron chi connectivity index (χ0n) is 8.07. The van der Waals surface area contributed by atoms with Crippen LogP contribution in [-0.2, 0) is 10.0 Å². The Bertz CT molecular complexity index is 489. The minimum atomic E-state index is -3.38. The largest absolute Gasteiger partial charge is 0.355 e. The highest BCUT2D eigenvalue weighted by Crippen LogP contribution is 2.28. The molecule has 0 fully saturated rings. The Balaban J connectivity index is 2.60. The summed E-state index contributed by atoms with van der Waals surface area (Å²) in [5.74, 6) is 0.419. The highest BCUT2D eigenvalue weighted by molar-refractivity contribution is 9.10. The van der Waals surface area contributed by atoms with E-state index < -0.39 is 10.0 Å². The molecule has 0 radical (unpaired) electrons. The number of nitrogens with one attached hydrogen (secondary N) is 1. The maximum absolute atomic E-state index is 12.0. The molecule has 0 saturated carbocycles. The molecule has 1 N–H and O–H groups in total. The SMILES string of the molecule is CCN1CNc2ncc(Br)cc2S1(=O)=O. The van der Waals surface area contributed by atoms with Gasteiger partial charge in [0.2, 0.25) is 10.0 Å². The van der Waals surface area contributed by atoms with Gasteiger partial charge in [-0.05, 0) is 22.0 Å². The van der Waals surface area contributed by atoms with Gasteiger partial charge in [0, 0.05) is 17.2 Å². The van der Waals surface area contributed by atoms with Gasteiger partial charge in [0.25, 0.3) is 0 Å². The third-order valence-electron chi connectivity index (χ3n) is 2.21. The summed E-state index contributed by atoms with van der Waals surface area (Å²) in [5.41, 5.74) is 0. The zero-order valence-corrected chi connectivity index (χ0v) is 10.5. The van der Waals surface area contributed by atoms with E-state index in [1.807, 2.05) is 0 Å². The summed E-state index contributed by atoms with van der Waals surface area (Å²) in [7, 11) is -3.38. The van der Waals surface area contributed by atoms with E-state index in [1.165, 1.54) is 4.31 Å². The van der Waals surface area contributed by atoms with Gasteiger partial charge in [-0.25, -0.2) is 13.4 Å². The molecular formula is C8H10BrN3O2S. The van der Waals surface area contributed by atoms with Crippen LogP contribution in [-0.4, -0.2) is 30.9 Å². The fourth-order valence-corrected chi connectivity index (χ4v) is 3.40. The molecule has 0 atom stereocenters. The third kappa shape index (κ3) is 1.75. The lowest BCUT2D eigenvalue weighted by Crippen LogP contribution is -2.39. The molecule has 2 rings (SSSR count). The predicted molar refractivity (Wildman–Crippen MR) is 60.0 cm³/mol. The van der Waals surface area contributed by atoms with E-state index in [4.69, 9.17) is 0 Å². The summed E-state index contributed by atoms with van der Waals surface area (Å²) < 4.78 is 26.0.